The van der Waals surface area contributed by atoms with E-state index in [-0.39, 0.29) is 5.91 Å². The van der Waals surface area contributed by atoms with Crippen LogP contribution in [0.3, 0.4) is 0 Å². The van der Waals surface area contributed by atoms with E-state index in [2.05, 4.69) is 12.1 Å². The van der Waals surface area contributed by atoms with Crippen molar-refractivity contribution in [3.05, 3.63) is 65.7 Å². The van der Waals surface area contributed by atoms with Crippen molar-refractivity contribution in [2.24, 2.45) is 0 Å². The molecule has 0 spiro atoms. The van der Waals surface area contributed by atoms with Crippen LogP contribution in [-0.4, -0.2) is 34.5 Å². The first-order valence-corrected chi connectivity index (χ1v) is 8.94. The van der Waals surface area contributed by atoms with Crippen molar-refractivity contribution in [3.63, 3.8) is 0 Å². The van der Waals surface area contributed by atoms with Crippen LogP contribution in [0.15, 0.2) is 59.5 Å². The van der Waals surface area contributed by atoms with E-state index in [0.717, 1.165) is 17.1 Å². The van der Waals surface area contributed by atoms with Gasteiger partial charge in [0.2, 0.25) is 0 Å². The predicted octanol–water partition coefficient (Wildman–Crippen LogP) is 3.67. The van der Waals surface area contributed by atoms with E-state index in [1.807, 2.05) is 30.3 Å². The van der Waals surface area contributed by atoms with Gasteiger partial charge < -0.3 is 10.0 Å². The molecule has 2 aromatic carbocycles. The average Bonchev–Trinajstić information content (AvgIpc) is 3.11. The summed E-state index contributed by atoms with van der Waals surface area (Å²) in [5.74, 6) is -0.239. The van der Waals surface area contributed by atoms with E-state index in [9.17, 15) is 14.7 Å². The summed E-state index contributed by atoms with van der Waals surface area (Å²) in [5, 5.41) is 9.20. The number of likely N-dealkylation sites (tertiary alicyclic amines) is 1. The van der Waals surface area contributed by atoms with Gasteiger partial charge in [0.15, 0.2) is 0 Å². The van der Waals surface area contributed by atoms with E-state index >= 15 is 0 Å². The van der Waals surface area contributed by atoms with Crippen molar-refractivity contribution >= 4 is 23.6 Å². The number of thioether (sulfide) groups is 1. The van der Waals surface area contributed by atoms with Gasteiger partial charge in [-0.15, -0.1) is 11.8 Å². The number of aliphatic carboxylic acids is 1. The summed E-state index contributed by atoms with van der Waals surface area (Å²) in [5.41, 5.74) is 1.80. The van der Waals surface area contributed by atoms with Crippen molar-refractivity contribution in [1.82, 2.24) is 4.90 Å². The molecular formula is C19H19NO3S. The predicted molar refractivity (Wildman–Crippen MR) is 94.1 cm³/mol. The maximum Gasteiger partial charge on any atom is 0.326 e. The highest BCUT2D eigenvalue weighted by atomic mass is 32.2. The van der Waals surface area contributed by atoms with Gasteiger partial charge in [-0.25, -0.2) is 4.79 Å². The molecule has 3 rings (SSSR count). The third-order valence-electron chi connectivity index (χ3n) is 4.15. The van der Waals surface area contributed by atoms with Crippen molar-refractivity contribution < 1.29 is 14.7 Å². The van der Waals surface area contributed by atoms with Gasteiger partial charge >= 0.3 is 5.97 Å². The smallest absolute Gasteiger partial charge is 0.326 e. The minimum atomic E-state index is -0.920. The highest BCUT2D eigenvalue weighted by Gasteiger charge is 2.34. The van der Waals surface area contributed by atoms with Gasteiger partial charge in [0.25, 0.3) is 5.91 Å². The van der Waals surface area contributed by atoms with Crippen LogP contribution in [0.5, 0.6) is 0 Å². The van der Waals surface area contributed by atoms with Gasteiger partial charge in [0, 0.05) is 22.8 Å². The molecule has 0 bridgehead atoms. The Kier molecular flexibility index (Phi) is 5.20. The zero-order chi connectivity index (χ0) is 16.9. The van der Waals surface area contributed by atoms with E-state index < -0.39 is 12.0 Å². The lowest BCUT2D eigenvalue weighted by Crippen LogP contribution is -2.40. The zero-order valence-corrected chi connectivity index (χ0v) is 14.0. The van der Waals surface area contributed by atoms with Gasteiger partial charge in [-0.2, -0.15) is 0 Å². The number of nitrogens with zero attached hydrogens (tertiary/aromatic N) is 1. The fraction of sp³-hybridized carbons (Fsp3) is 0.263. The Bertz CT molecular complexity index is 715. The Morgan fingerprint density at radius 2 is 1.79 bits per heavy atom. The van der Waals surface area contributed by atoms with Crippen LogP contribution in [0.25, 0.3) is 0 Å². The molecule has 124 valence electrons. The lowest BCUT2D eigenvalue weighted by molar-refractivity contribution is -0.141. The molecule has 4 nitrogen and oxygen atoms in total. The first-order chi connectivity index (χ1) is 11.6. The SMILES string of the molecule is O=C(O)C1CCCN1C(=O)c1ccc(SCc2ccccc2)cc1. The molecule has 24 heavy (non-hydrogen) atoms. The molecule has 1 saturated heterocycles. The molecule has 1 atom stereocenters. The van der Waals surface area contributed by atoms with Gasteiger partial charge in [-0.3, -0.25) is 4.79 Å². The number of hydrogen-bond acceptors (Lipinski definition) is 3. The molecule has 1 fully saturated rings. The number of hydrogen-bond donors (Lipinski definition) is 1. The molecule has 1 unspecified atom stereocenters. The maximum absolute atomic E-state index is 12.5. The molecule has 0 aromatic heterocycles. The van der Waals surface area contributed by atoms with Gasteiger partial charge in [0.1, 0.15) is 6.04 Å². The quantitative estimate of drug-likeness (QED) is 0.843. The number of rotatable bonds is 5. The van der Waals surface area contributed by atoms with Crippen LogP contribution in [0, 0.1) is 0 Å². The largest absolute Gasteiger partial charge is 0.480 e. The summed E-state index contributed by atoms with van der Waals surface area (Å²) >= 11 is 1.71. The Balaban J connectivity index is 1.63. The summed E-state index contributed by atoms with van der Waals surface area (Å²) in [6, 6.07) is 16.9. The number of amides is 1. The number of carbonyl (C=O) groups is 2. The van der Waals surface area contributed by atoms with Crippen LogP contribution in [0.4, 0.5) is 0 Å². The number of carboxylic acid groups (broad SMARTS) is 1. The Morgan fingerprint density at radius 3 is 2.46 bits per heavy atom. The van der Waals surface area contributed by atoms with Crippen molar-refractivity contribution in [2.75, 3.05) is 6.54 Å². The van der Waals surface area contributed by atoms with Crippen molar-refractivity contribution in [3.8, 4) is 0 Å². The van der Waals surface area contributed by atoms with Crippen molar-refractivity contribution in [2.45, 2.75) is 29.5 Å². The van der Waals surface area contributed by atoms with Crippen molar-refractivity contribution in [1.29, 1.82) is 0 Å². The van der Waals surface area contributed by atoms with E-state index in [1.165, 1.54) is 10.5 Å². The minimum Gasteiger partial charge on any atom is -0.480 e. The van der Waals surface area contributed by atoms with Crippen LogP contribution in [0.1, 0.15) is 28.8 Å². The third-order valence-corrected chi connectivity index (χ3v) is 5.23. The number of benzene rings is 2. The lowest BCUT2D eigenvalue weighted by Gasteiger charge is -2.21. The van der Waals surface area contributed by atoms with Gasteiger partial charge in [0.05, 0.1) is 0 Å². The summed E-state index contributed by atoms with van der Waals surface area (Å²) < 4.78 is 0. The second-order valence-corrected chi connectivity index (χ2v) is 6.84. The molecule has 5 heteroatoms. The van der Waals surface area contributed by atoms with Crippen LogP contribution in [0.2, 0.25) is 0 Å². The lowest BCUT2D eigenvalue weighted by atomic mass is 10.1. The van der Waals surface area contributed by atoms with Crippen LogP contribution in [-0.2, 0) is 10.5 Å². The van der Waals surface area contributed by atoms with E-state index in [4.69, 9.17) is 0 Å². The fourth-order valence-electron chi connectivity index (χ4n) is 2.87. The van der Waals surface area contributed by atoms with Gasteiger partial charge in [-0.05, 0) is 42.7 Å². The highest BCUT2D eigenvalue weighted by molar-refractivity contribution is 7.98. The second kappa shape index (κ2) is 7.53. The molecule has 0 radical (unpaired) electrons. The molecule has 1 heterocycles. The van der Waals surface area contributed by atoms with E-state index in [0.29, 0.717) is 18.5 Å². The molecule has 1 aliphatic heterocycles. The molecule has 0 saturated carbocycles. The minimum absolute atomic E-state index is 0.195. The summed E-state index contributed by atoms with van der Waals surface area (Å²) in [6.45, 7) is 0.514. The van der Waals surface area contributed by atoms with Crippen LogP contribution < -0.4 is 0 Å². The Hall–Kier alpha value is -2.27. The second-order valence-electron chi connectivity index (χ2n) is 5.79. The monoisotopic (exact) mass is 341 g/mol. The van der Waals surface area contributed by atoms with Gasteiger partial charge in [-0.1, -0.05) is 30.3 Å². The number of carbonyl (C=O) groups excluding carboxylic acids is 1. The van der Waals surface area contributed by atoms with Crippen LogP contribution >= 0.6 is 11.8 Å². The Labute approximate surface area is 145 Å². The molecule has 1 amide bonds. The summed E-state index contributed by atoms with van der Waals surface area (Å²) in [7, 11) is 0. The normalized spacial score (nSPS) is 17.0. The standard InChI is InChI=1S/C19H19NO3S/c21-18(20-12-4-7-17(20)19(22)23)15-8-10-16(11-9-15)24-13-14-5-2-1-3-6-14/h1-3,5-6,8-11,17H,4,7,12-13H2,(H,22,23). The highest BCUT2D eigenvalue weighted by Crippen LogP contribution is 2.25. The molecule has 1 aliphatic rings. The first-order valence-electron chi connectivity index (χ1n) is 7.96. The maximum atomic E-state index is 12.5. The zero-order valence-electron chi connectivity index (χ0n) is 13.2. The third kappa shape index (κ3) is 3.79. The topological polar surface area (TPSA) is 57.6 Å². The Morgan fingerprint density at radius 1 is 1.08 bits per heavy atom. The molecule has 2 aromatic rings. The fourth-order valence-corrected chi connectivity index (χ4v) is 3.72. The summed E-state index contributed by atoms with van der Waals surface area (Å²) in [6.07, 6.45) is 1.28. The molecule has 1 N–H and O–H groups in total. The number of carboxylic acids is 1. The average molecular weight is 341 g/mol. The van der Waals surface area contributed by atoms with E-state index in [1.54, 1.807) is 23.9 Å². The molecule has 0 aliphatic carbocycles. The first kappa shape index (κ1) is 16.6. The summed E-state index contributed by atoms with van der Waals surface area (Å²) in [4.78, 5) is 26.3. The molecular weight excluding hydrogens is 322 g/mol.